The van der Waals surface area contributed by atoms with Crippen molar-refractivity contribution in [2.24, 2.45) is 11.3 Å². The molecule has 0 unspecified atom stereocenters. The predicted octanol–water partition coefficient (Wildman–Crippen LogP) is 2.15. The fourth-order valence-corrected chi connectivity index (χ4v) is 2.13. The lowest BCUT2D eigenvalue weighted by molar-refractivity contribution is -0.121. The number of carbonyl (C=O) groups is 1. The molecule has 1 N–H and O–H groups in total. The summed E-state index contributed by atoms with van der Waals surface area (Å²) in [5, 5.41) is 9.11. The maximum absolute atomic E-state index is 11.2. The molecule has 0 saturated heterocycles. The lowest BCUT2D eigenvalue weighted by Crippen LogP contribution is -2.24. The topological polar surface area (TPSA) is 37.3 Å². The Morgan fingerprint density at radius 2 is 2.23 bits per heavy atom. The van der Waals surface area contributed by atoms with Crippen LogP contribution in [0.4, 0.5) is 0 Å². The molecule has 0 aromatic rings. The third-order valence-electron chi connectivity index (χ3n) is 2.85. The van der Waals surface area contributed by atoms with E-state index in [0.717, 1.165) is 32.1 Å². The summed E-state index contributed by atoms with van der Waals surface area (Å²) in [6.45, 7) is 4.34. The fourth-order valence-electron chi connectivity index (χ4n) is 2.13. The van der Waals surface area contributed by atoms with E-state index < -0.39 is 0 Å². The first-order valence-corrected chi connectivity index (χ1v) is 5.16. The highest BCUT2D eigenvalue weighted by Crippen LogP contribution is 2.32. The predicted molar refractivity (Wildman–Crippen MR) is 52.4 cm³/mol. The summed E-state index contributed by atoms with van der Waals surface area (Å²) in [5.74, 6) is 0.924. The molecule has 1 aliphatic rings. The summed E-state index contributed by atoms with van der Waals surface area (Å²) >= 11 is 0. The summed E-state index contributed by atoms with van der Waals surface area (Å²) in [6, 6.07) is 0. The maximum Gasteiger partial charge on any atom is 0.133 e. The van der Waals surface area contributed by atoms with Gasteiger partial charge < -0.3 is 5.11 Å². The lowest BCUT2D eigenvalue weighted by atomic mass is 9.77. The Bertz CT molecular complexity index is 185. The number of aliphatic hydroxyl groups excluding tert-OH is 1. The minimum absolute atomic E-state index is 0.0116. The van der Waals surface area contributed by atoms with Crippen LogP contribution in [-0.2, 0) is 4.79 Å². The molecule has 1 fully saturated rings. The minimum atomic E-state index is -0.0116. The molecule has 76 valence electrons. The van der Waals surface area contributed by atoms with Crippen LogP contribution < -0.4 is 0 Å². The number of hydrogen-bond donors (Lipinski definition) is 1. The highest BCUT2D eigenvalue weighted by molar-refractivity contribution is 5.79. The zero-order valence-electron chi connectivity index (χ0n) is 8.68. The van der Waals surface area contributed by atoms with E-state index in [1.165, 1.54) is 0 Å². The van der Waals surface area contributed by atoms with Crippen LogP contribution in [0.2, 0.25) is 0 Å². The second kappa shape index (κ2) is 4.23. The van der Waals surface area contributed by atoms with Crippen LogP contribution in [0.15, 0.2) is 0 Å². The van der Waals surface area contributed by atoms with Crippen molar-refractivity contribution in [3.8, 4) is 0 Å². The van der Waals surface area contributed by atoms with Gasteiger partial charge in [0.2, 0.25) is 0 Å². The van der Waals surface area contributed by atoms with Crippen molar-refractivity contribution in [3.63, 3.8) is 0 Å². The van der Waals surface area contributed by atoms with Crippen molar-refractivity contribution in [2.75, 3.05) is 6.61 Å². The van der Waals surface area contributed by atoms with Gasteiger partial charge in [0.1, 0.15) is 5.78 Å². The van der Waals surface area contributed by atoms with E-state index in [2.05, 4.69) is 13.8 Å². The normalized spacial score (nSPS) is 24.8. The van der Waals surface area contributed by atoms with E-state index in [1.54, 1.807) is 0 Å². The van der Waals surface area contributed by atoms with Gasteiger partial charge in [-0.3, -0.25) is 4.79 Å². The molecular weight excluding hydrogens is 164 g/mol. The van der Waals surface area contributed by atoms with Gasteiger partial charge in [-0.15, -0.1) is 0 Å². The average Bonchev–Trinajstić information content (AvgIpc) is 2.03. The number of Topliss-reactive ketones (excluding diaryl/α,β-unsaturated/α-hetero) is 1. The standard InChI is InChI=1S/C11H20O2/c1-11(2,8-12)7-9-4-3-5-10(13)6-9/h9,12H,3-8H2,1-2H3/t9-/m1/s1. The van der Waals surface area contributed by atoms with Gasteiger partial charge in [-0.1, -0.05) is 13.8 Å². The molecule has 0 amide bonds. The highest BCUT2D eigenvalue weighted by Gasteiger charge is 2.26. The van der Waals surface area contributed by atoms with E-state index in [0.29, 0.717) is 11.7 Å². The molecule has 0 aromatic heterocycles. The molecule has 2 nitrogen and oxygen atoms in total. The van der Waals surface area contributed by atoms with Gasteiger partial charge in [0.05, 0.1) is 0 Å². The second-order valence-electron chi connectivity index (χ2n) is 5.03. The van der Waals surface area contributed by atoms with Crippen molar-refractivity contribution in [1.29, 1.82) is 0 Å². The molecule has 0 bridgehead atoms. The van der Waals surface area contributed by atoms with Gasteiger partial charge in [-0.2, -0.15) is 0 Å². The Hall–Kier alpha value is -0.370. The van der Waals surface area contributed by atoms with Gasteiger partial charge in [-0.05, 0) is 30.6 Å². The van der Waals surface area contributed by atoms with Crippen molar-refractivity contribution >= 4 is 5.78 Å². The van der Waals surface area contributed by atoms with Crippen LogP contribution in [-0.4, -0.2) is 17.5 Å². The highest BCUT2D eigenvalue weighted by atomic mass is 16.3. The summed E-state index contributed by atoms with van der Waals surface area (Å²) in [6.07, 6.45) is 4.70. The molecule has 1 atom stereocenters. The third-order valence-corrected chi connectivity index (χ3v) is 2.85. The average molecular weight is 184 g/mol. The minimum Gasteiger partial charge on any atom is -0.396 e. The molecule has 2 heteroatoms. The van der Waals surface area contributed by atoms with Gasteiger partial charge in [0.15, 0.2) is 0 Å². The summed E-state index contributed by atoms with van der Waals surface area (Å²) in [7, 11) is 0. The van der Waals surface area contributed by atoms with Gasteiger partial charge >= 0.3 is 0 Å². The lowest BCUT2D eigenvalue weighted by Gasteiger charge is -2.29. The first kappa shape index (κ1) is 10.7. The Morgan fingerprint density at radius 3 is 2.77 bits per heavy atom. The first-order chi connectivity index (χ1) is 6.03. The van der Waals surface area contributed by atoms with Gasteiger partial charge in [0, 0.05) is 19.4 Å². The number of aliphatic hydroxyl groups is 1. The molecular formula is C11H20O2. The van der Waals surface area contributed by atoms with E-state index in [-0.39, 0.29) is 12.0 Å². The fraction of sp³-hybridized carbons (Fsp3) is 0.909. The third kappa shape index (κ3) is 3.47. The molecule has 0 radical (unpaired) electrons. The SMILES string of the molecule is CC(C)(CO)C[C@@H]1CCCC(=O)C1. The largest absolute Gasteiger partial charge is 0.396 e. The zero-order chi connectivity index (χ0) is 9.90. The number of rotatable bonds is 3. The number of carbonyl (C=O) groups excluding carboxylic acids is 1. The van der Waals surface area contributed by atoms with Crippen LogP contribution in [0.1, 0.15) is 46.0 Å². The van der Waals surface area contributed by atoms with Crippen molar-refractivity contribution in [3.05, 3.63) is 0 Å². The monoisotopic (exact) mass is 184 g/mol. The quantitative estimate of drug-likeness (QED) is 0.729. The Morgan fingerprint density at radius 1 is 1.54 bits per heavy atom. The van der Waals surface area contributed by atoms with Crippen molar-refractivity contribution in [1.82, 2.24) is 0 Å². The number of ketones is 1. The van der Waals surface area contributed by atoms with Crippen LogP contribution >= 0.6 is 0 Å². The van der Waals surface area contributed by atoms with Crippen molar-refractivity contribution in [2.45, 2.75) is 46.0 Å². The van der Waals surface area contributed by atoms with E-state index in [9.17, 15) is 4.79 Å². The zero-order valence-corrected chi connectivity index (χ0v) is 8.68. The second-order valence-corrected chi connectivity index (χ2v) is 5.03. The van der Waals surface area contributed by atoms with Crippen LogP contribution in [0.3, 0.4) is 0 Å². The van der Waals surface area contributed by atoms with Gasteiger partial charge in [0.25, 0.3) is 0 Å². The smallest absolute Gasteiger partial charge is 0.133 e. The molecule has 0 heterocycles. The van der Waals surface area contributed by atoms with E-state index in [4.69, 9.17) is 5.11 Å². The first-order valence-electron chi connectivity index (χ1n) is 5.16. The Balaban J connectivity index is 2.40. The Labute approximate surface area is 80.3 Å². The molecule has 0 aliphatic heterocycles. The van der Waals surface area contributed by atoms with Crippen LogP contribution in [0.25, 0.3) is 0 Å². The number of hydrogen-bond acceptors (Lipinski definition) is 2. The van der Waals surface area contributed by atoms with E-state index >= 15 is 0 Å². The molecule has 1 aliphatic carbocycles. The van der Waals surface area contributed by atoms with E-state index in [1.807, 2.05) is 0 Å². The molecule has 0 spiro atoms. The molecule has 1 rings (SSSR count). The molecule has 13 heavy (non-hydrogen) atoms. The Kier molecular flexibility index (Phi) is 3.48. The summed E-state index contributed by atoms with van der Waals surface area (Å²) < 4.78 is 0. The summed E-state index contributed by atoms with van der Waals surface area (Å²) in [4.78, 5) is 11.2. The van der Waals surface area contributed by atoms with Crippen LogP contribution in [0.5, 0.6) is 0 Å². The maximum atomic E-state index is 11.2. The summed E-state index contributed by atoms with van der Waals surface area (Å²) in [5.41, 5.74) is -0.0116. The van der Waals surface area contributed by atoms with Crippen molar-refractivity contribution < 1.29 is 9.90 Å². The van der Waals surface area contributed by atoms with Crippen LogP contribution in [0, 0.1) is 11.3 Å². The molecule has 1 saturated carbocycles. The molecule has 0 aromatic carbocycles. The van der Waals surface area contributed by atoms with Gasteiger partial charge in [-0.25, -0.2) is 0 Å².